The van der Waals surface area contributed by atoms with Crippen molar-refractivity contribution in [3.8, 4) is 11.5 Å². The van der Waals surface area contributed by atoms with Crippen molar-refractivity contribution in [1.29, 1.82) is 0 Å². The first-order valence-corrected chi connectivity index (χ1v) is 11.4. The second-order valence-corrected chi connectivity index (χ2v) is 9.23. The molecule has 0 radical (unpaired) electrons. The fourth-order valence-electron chi connectivity index (χ4n) is 3.47. The number of nitrogens with zero attached hydrogens (tertiary/aromatic N) is 1. The number of benzene rings is 2. The van der Waals surface area contributed by atoms with Crippen LogP contribution < -0.4 is 14.8 Å². The number of hydrogen-bond acceptors (Lipinski definition) is 6. The summed E-state index contributed by atoms with van der Waals surface area (Å²) in [6.45, 7) is 4.92. The lowest BCUT2D eigenvalue weighted by molar-refractivity contribution is 0.0730. The Morgan fingerprint density at radius 2 is 1.81 bits per heavy atom. The maximum atomic E-state index is 13.0. The summed E-state index contributed by atoms with van der Waals surface area (Å²) >= 11 is 0. The van der Waals surface area contributed by atoms with Crippen LogP contribution in [0.2, 0.25) is 0 Å². The van der Waals surface area contributed by atoms with E-state index in [9.17, 15) is 13.2 Å². The fraction of sp³-hybridized carbons (Fsp3) is 0.409. The zero-order valence-corrected chi connectivity index (χ0v) is 19.0. The van der Waals surface area contributed by atoms with Crippen molar-refractivity contribution in [2.24, 2.45) is 0 Å². The maximum Gasteiger partial charge on any atom is 0.252 e. The molecule has 1 amide bonds. The van der Waals surface area contributed by atoms with Crippen molar-refractivity contribution in [1.82, 2.24) is 9.62 Å². The van der Waals surface area contributed by atoms with Crippen molar-refractivity contribution >= 4 is 15.9 Å². The monoisotopic (exact) mass is 448 g/mol. The summed E-state index contributed by atoms with van der Waals surface area (Å²) in [6, 6.07) is 9.58. The van der Waals surface area contributed by atoms with Gasteiger partial charge in [0.05, 0.1) is 38.4 Å². The lowest BCUT2D eigenvalue weighted by Gasteiger charge is -2.26. The Labute approximate surface area is 183 Å². The van der Waals surface area contributed by atoms with Crippen LogP contribution in [0.25, 0.3) is 0 Å². The molecule has 0 bridgehead atoms. The largest absolute Gasteiger partial charge is 0.497 e. The highest BCUT2D eigenvalue weighted by Crippen LogP contribution is 2.30. The van der Waals surface area contributed by atoms with E-state index in [0.29, 0.717) is 48.9 Å². The van der Waals surface area contributed by atoms with Crippen LogP contribution in [0.5, 0.6) is 11.5 Å². The zero-order chi connectivity index (χ0) is 22.6. The van der Waals surface area contributed by atoms with Crippen LogP contribution >= 0.6 is 0 Å². The summed E-state index contributed by atoms with van der Waals surface area (Å²) in [6.07, 6.45) is 0. The number of amides is 1. The van der Waals surface area contributed by atoms with E-state index in [1.807, 2.05) is 6.92 Å². The van der Waals surface area contributed by atoms with Crippen LogP contribution in [0, 0.1) is 6.92 Å². The molecular weight excluding hydrogens is 420 g/mol. The molecule has 0 aliphatic carbocycles. The van der Waals surface area contributed by atoms with Crippen LogP contribution in [0.15, 0.2) is 41.3 Å². The third-order valence-electron chi connectivity index (χ3n) is 5.31. The highest BCUT2D eigenvalue weighted by Gasteiger charge is 2.27. The zero-order valence-electron chi connectivity index (χ0n) is 18.2. The molecule has 168 valence electrons. The van der Waals surface area contributed by atoms with Gasteiger partial charge >= 0.3 is 0 Å². The van der Waals surface area contributed by atoms with Gasteiger partial charge in [-0.25, -0.2) is 8.42 Å². The van der Waals surface area contributed by atoms with Gasteiger partial charge < -0.3 is 19.5 Å². The first-order valence-electron chi connectivity index (χ1n) is 9.99. The quantitative estimate of drug-likeness (QED) is 0.700. The highest BCUT2D eigenvalue weighted by atomic mass is 32.2. The minimum absolute atomic E-state index is 0.0942. The predicted octanol–water partition coefficient (Wildman–Crippen LogP) is 2.52. The molecule has 2 aromatic carbocycles. The minimum Gasteiger partial charge on any atom is -0.497 e. The summed E-state index contributed by atoms with van der Waals surface area (Å²) in [5.41, 5.74) is 1.75. The summed E-state index contributed by atoms with van der Waals surface area (Å²) < 4.78 is 43.3. The number of rotatable bonds is 7. The molecular formula is C22H28N2O6S. The number of methoxy groups -OCH3 is 2. The Morgan fingerprint density at radius 3 is 2.45 bits per heavy atom. The third-order valence-corrected chi connectivity index (χ3v) is 7.21. The van der Waals surface area contributed by atoms with Gasteiger partial charge in [-0.1, -0.05) is 6.07 Å². The Kier molecular flexibility index (Phi) is 7.19. The molecule has 1 saturated heterocycles. The van der Waals surface area contributed by atoms with Crippen molar-refractivity contribution in [2.75, 3.05) is 40.5 Å². The van der Waals surface area contributed by atoms with E-state index in [-0.39, 0.29) is 10.8 Å². The van der Waals surface area contributed by atoms with E-state index in [0.717, 1.165) is 5.56 Å². The van der Waals surface area contributed by atoms with Crippen LogP contribution in [0.4, 0.5) is 0 Å². The van der Waals surface area contributed by atoms with Gasteiger partial charge in [0.15, 0.2) is 0 Å². The highest BCUT2D eigenvalue weighted by molar-refractivity contribution is 7.89. The van der Waals surface area contributed by atoms with E-state index in [4.69, 9.17) is 14.2 Å². The van der Waals surface area contributed by atoms with Gasteiger partial charge in [-0.3, -0.25) is 4.79 Å². The van der Waals surface area contributed by atoms with Crippen molar-refractivity contribution in [2.45, 2.75) is 24.8 Å². The number of nitrogens with one attached hydrogen (secondary N) is 1. The van der Waals surface area contributed by atoms with Crippen LogP contribution in [0.3, 0.4) is 0 Å². The van der Waals surface area contributed by atoms with Crippen LogP contribution in [0.1, 0.15) is 34.5 Å². The molecule has 2 aromatic rings. The molecule has 9 heteroatoms. The van der Waals surface area contributed by atoms with Crippen molar-refractivity contribution < 1.29 is 27.4 Å². The maximum absolute atomic E-state index is 13.0. The number of sulfonamides is 1. The molecule has 0 saturated carbocycles. The van der Waals surface area contributed by atoms with Crippen LogP contribution in [-0.4, -0.2) is 59.2 Å². The average molecular weight is 449 g/mol. The normalized spacial score (nSPS) is 15.9. The first kappa shape index (κ1) is 23.1. The molecule has 8 nitrogen and oxygen atoms in total. The molecule has 1 aliphatic rings. The van der Waals surface area contributed by atoms with Gasteiger partial charge in [0.2, 0.25) is 10.0 Å². The lowest BCUT2D eigenvalue weighted by Crippen LogP contribution is -2.40. The fourth-order valence-corrected chi connectivity index (χ4v) is 4.91. The van der Waals surface area contributed by atoms with Gasteiger partial charge in [-0.2, -0.15) is 4.31 Å². The number of morpholine rings is 1. The standard InChI is InChI=1S/C22H28N2O6S/c1-15-5-7-18(31(26,27)24-9-11-30-12-10-24)14-19(15)22(25)23-16(2)20-13-17(28-3)6-8-21(20)29-4/h5-8,13-14,16H,9-12H2,1-4H3,(H,23,25)/t16-/m0/s1. The molecule has 0 spiro atoms. The molecule has 0 unspecified atom stereocenters. The number of aryl methyl sites for hydroxylation is 1. The SMILES string of the molecule is COc1ccc(OC)c([C@H](C)NC(=O)c2cc(S(=O)(=O)N3CCOCC3)ccc2C)c1. The summed E-state index contributed by atoms with van der Waals surface area (Å²) in [4.78, 5) is 13.1. The second-order valence-electron chi connectivity index (χ2n) is 7.30. The van der Waals surface area contributed by atoms with E-state index in [2.05, 4.69) is 5.32 Å². The number of carbonyl (C=O) groups is 1. The second kappa shape index (κ2) is 9.67. The third kappa shape index (κ3) is 5.00. The topological polar surface area (TPSA) is 94.2 Å². The number of ether oxygens (including phenoxy) is 3. The predicted molar refractivity (Wildman–Crippen MR) is 116 cm³/mol. The summed E-state index contributed by atoms with van der Waals surface area (Å²) in [5, 5.41) is 2.93. The summed E-state index contributed by atoms with van der Waals surface area (Å²) in [7, 11) is -0.571. The van der Waals surface area contributed by atoms with E-state index < -0.39 is 16.1 Å². The van der Waals surface area contributed by atoms with Gasteiger partial charge in [0.25, 0.3) is 5.91 Å². The number of hydrogen-bond donors (Lipinski definition) is 1. The first-order chi connectivity index (χ1) is 14.8. The van der Waals surface area contributed by atoms with Gasteiger partial charge in [-0.15, -0.1) is 0 Å². The van der Waals surface area contributed by atoms with Gasteiger partial charge in [0.1, 0.15) is 11.5 Å². The minimum atomic E-state index is -3.70. The van der Waals surface area contributed by atoms with Crippen molar-refractivity contribution in [3.63, 3.8) is 0 Å². The molecule has 1 N–H and O–H groups in total. The summed E-state index contributed by atoms with van der Waals surface area (Å²) in [5.74, 6) is 0.898. The smallest absolute Gasteiger partial charge is 0.252 e. The van der Waals surface area contributed by atoms with E-state index in [1.165, 1.54) is 16.4 Å². The Balaban J connectivity index is 1.86. The average Bonchev–Trinajstić information content (AvgIpc) is 2.79. The van der Waals surface area contributed by atoms with Gasteiger partial charge in [-0.05, 0) is 49.7 Å². The Hall–Kier alpha value is -2.62. The Morgan fingerprint density at radius 1 is 1.10 bits per heavy atom. The number of carbonyl (C=O) groups excluding carboxylic acids is 1. The molecule has 1 fully saturated rings. The Bertz CT molecular complexity index is 1050. The molecule has 1 heterocycles. The molecule has 0 aromatic heterocycles. The van der Waals surface area contributed by atoms with Crippen LogP contribution in [-0.2, 0) is 14.8 Å². The molecule has 3 rings (SSSR count). The van der Waals surface area contributed by atoms with E-state index >= 15 is 0 Å². The van der Waals surface area contributed by atoms with E-state index in [1.54, 1.807) is 45.4 Å². The lowest BCUT2D eigenvalue weighted by atomic mass is 10.0. The van der Waals surface area contributed by atoms with Gasteiger partial charge in [0, 0.05) is 24.2 Å². The van der Waals surface area contributed by atoms with Crippen molar-refractivity contribution in [3.05, 3.63) is 53.1 Å². The molecule has 1 aliphatic heterocycles. The molecule has 31 heavy (non-hydrogen) atoms. The molecule has 1 atom stereocenters.